The lowest BCUT2D eigenvalue weighted by molar-refractivity contribution is -0.115. The third-order valence-electron chi connectivity index (χ3n) is 4.06. The molecular formula is C16H25ClN2O2. The van der Waals surface area contributed by atoms with Gasteiger partial charge in [0, 0.05) is 24.1 Å². The van der Waals surface area contributed by atoms with Crippen molar-refractivity contribution < 1.29 is 9.90 Å². The Labute approximate surface area is 131 Å². The number of carbonyl (C=O) groups is 1. The van der Waals surface area contributed by atoms with Crippen LogP contribution in [0.3, 0.4) is 0 Å². The fourth-order valence-electron chi connectivity index (χ4n) is 2.05. The van der Waals surface area contributed by atoms with Crippen molar-refractivity contribution in [2.24, 2.45) is 5.41 Å². The number of benzene rings is 1. The van der Waals surface area contributed by atoms with Crippen LogP contribution in [0, 0.1) is 5.41 Å². The van der Waals surface area contributed by atoms with Crippen molar-refractivity contribution in [2.45, 2.75) is 40.0 Å². The molecule has 0 unspecified atom stereocenters. The number of aliphatic hydroxyl groups is 1. The molecule has 1 amide bonds. The maximum atomic E-state index is 11.4. The lowest BCUT2D eigenvalue weighted by atomic mass is 9.83. The van der Waals surface area contributed by atoms with Crippen LogP contribution >= 0.6 is 11.6 Å². The molecule has 0 saturated carbocycles. The Hall–Kier alpha value is -1.26. The molecule has 21 heavy (non-hydrogen) atoms. The minimum atomic E-state index is -0.147. The fourth-order valence-corrected chi connectivity index (χ4v) is 2.23. The van der Waals surface area contributed by atoms with Gasteiger partial charge in [0.05, 0.1) is 17.3 Å². The van der Waals surface area contributed by atoms with Gasteiger partial charge in [-0.2, -0.15) is 0 Å². The summed E-state index contributed by atoms with van der Waals surface area (Å²) in [7, 11) is 0. The zero-order valence-electron chi connectivity index (χ0n) is 13.0. The molecular weight excluding hydrogens is 288 g/mol. The van der Waals surface area contributed by atoms with Gasteiger partial charge < -0.3 is 15.7 Å². The molecule has 3 N–H and O–H groups in total. The molecule has 5 heteroatoms. The molecule has 0 fully saturated rings. The monoisotopic (exact) mass is 312 g/mol. The second-order valence-electron chi connectivity index (χ2n) is 5.32. The number of amides is 1. The molecule has 0 heterocycles. The fraction of sp³-hybridized carbons (Fsp3) is 0.562. The molecule has 0 aliphatic heterocycles. The molecule has 0 radical (unpaired) electrons. The maximum absolute atomic E-state index is 11.4. The smallest absolute Gasteiger partial charge is 0.224 e. The number of hydrogen-bond acceptors (Lipinski definition) is 3. The number of hydrogen-bond donors (Lipinski definition) is 3. The summed E-state index contributed by atoms with van der Waals surface area (Å²) in [5.74, 6) is -0.0323. The summed E-state index contributed by atoms with van der Waals surface area (Å²) < 4.78 is 0. The van der Waals surface area contributed by atoms with Crippen LogP contribution in [0.1, 0.15) is 40.0 Å². The number of halogens is 1. The van der Waals surface area contributed by atoms with Crippen molar-refractivity contribution in [3.63, 3.8) is 0 Å². The van der Waals surface area contributed by atoms with Crippen molar-refractivity contribution >= 4 is 28.9 Å². The Balaban J connectivity index is 2.82. The van der Waals surface area contributed by atoms with Gasteiger partial charge in [0.2, 0.25) is 5.91 Å². The molecule has 0 atom stereocenters. The lowest BCUT2D eigenvalue weighted by Crippen LogP contribution is -2.32. The molecule has 0 aromatic heterocycles. The van der Waals surface area contributed by atoms with Gasteiger partial charge in [-0.25, -0.2) is 0 Å². The largest absolute Gasteiger partial charge is 0.396 e. The van der Waals surface area contributed by atoms with Crippen LogP contribution in [0.25, 0.3) is 0 Å². The highest BCUT2D eigenvalue weighted by atomic mass is 35.5. The normalized spacial score (nSPS) is 11.3. The molecule has 1 rings (SSSR count). The van der Waals surface area contributed by atoms with Crippen molar-refractivity contribution in [1.82, 2.24) is 0 Å². The Morgan fingerprint density at radius 1 is 1.29 bits per heavy atom. The van der Waals surface area contributed by atoms with Crippen molar-refractivity contribution in [3.8, 4) is 0 Å². The maximum Gasteiger partial charge on any atom is 0.224 e. The third-order valence-corrected chi connectivity index (χ3v) is 4.39. The first kappa shape index (κ1) is 17.8. The van der Waals surface area contributed by atoms with E-state index in [1.54, 1.807) is 12.1 Å². The molecule has 0 spiro atoms. The second kappa shape index (κ2) is 8.25. The van der Waals surface area contributed by atoms with E-state index in [1.807, 2.05) is 13.0 Å². The lowest BCUT2D eigenvalue weighted by Gasteiger charge is -2.30. The topological polar surface area (TPSA) is 61.4 Å². The summed E-state index contributed by atoms with van der Waals surface area (Å²) in [6.45, 7) is 6.72. The van der Waals surface area contributed by atoms with E-state index in [-0.39, 0.29) is 17.9 Å². The highest BCUT2D eigenvalue weighted by molar-refractivity contribution is 6.33. The van der Waals surface area contributed by atoms with Gasteiger partial charge in [-0.05, 0) is 31.0 Å². The van der Waals surface area contributed by atoms with Crippen LogP contribution in [0.5, 0.6) is 0 Å². The van der Waals surface area contributed by atoms with Gasteiger partial charge in [0.15, 0.2) is 0 Å². The minimum absolute atomic E-state index is 0.0323. The van der Waals surface area contributed by atoms with E-state index in [0.717, 1.165) is 24.2 Å². The van der Waals surface area contributed by atoms with E-state index in [9.17, 15) is 9.90 Å². The van der Waals surface area contributed by atoms with Crippen LogP contribution in [-0.2, 0) is 4.79 Å². The van der Waals surface area contributed by atoms with Crippen LogP contribution in [0.4, 0.5) is 11.4 Å². The number of aliphatic hydroxyl groups excluding tert-OH is 1. The van der Waals surface area contributed by atoms with Crippen LogP contribution in [-0.4, -0.2) is 24.2 Å². The Kier molecular flexibility index (Phi) is 6.99. The van der Waals surface area contributed by atoms with E-state index in [4.69, 9.17) is 11.6 Å². The summed E-state index contributed by atoms with van der Waals surface area (Å²) in [6, 6.07) is 5.36. The number of carbonyl (C=O) groups excluding carboxylic acids is 1. The van der Waals surface area contributed by atoms with Gasteiger partial charge in [0.25, 0.3) is 0 Å². The first-order chi connectivity index (χ1) is 10.00. The van der Waals surface area contributed by atoms with E-state index in [0.29, 0.717) is 18.0 Å². The van der Waals surface area contributed by atoms with Crippen LogP contribution in [0.2, 0.25) is 5.02 Å². The highest BCUT2D eigenvalue weighted by Gasteiger charge is 2.25. The zero-order valence-corrected chi connectivity index (χ0v) is 13.8. The SMILES string of the molecule is CCC(=O)Nc1ccc(Cl)c(NCC(CC)(CC)CO)c1. The molecule has 0 aliphatic rings. The summed E-state index contributed by atoms with van der Waals surface area (Å²) in [6.07, 6.45) is 2.21. The van der Waals surface area contributed by atoms with E-state index in [1.165, 1.54) is 0 Å². The standard InChI is InChI=1S/C16H25ClN2O2/c1-4-15(21)19-12-7-8-13(17)14(9-12)18-10-16(5-2,6-3)11-20/h7-9,18,20H,4-6,10-11H2,1-3H3,(H,19,21). The van der Waals surface area contributed by atoms with Crippen LogP contribution in [0.15, 0.2) is 18.2 Å². The number of rotatable bonds is 8. The first-order valence-electron chi connectivity index (χ1n) is 7.44. The highest BCUT2D eigenvalue weighted by Crippen LogP contribution is 2.30. The molecule has 1 aromatic rings. The molecule has 0 saturated heterocycles. The number of anilines is 2. The minimum Gasteiger partial charge on any atom is -0.396 e. The predicted molar refractivity (Wildman–Crippen MR) is 89.0 cm³/mol. The summed E-state index contributed by atoms with van der Waals surface area (Å²) in [5, 5.41) is 16.3. The Morgan fingerprint density at radius 3 is 2.48 bits per heavy atom. The average molecular weight is 313 g/mol. The van der Waals surface area contributed by atoms with Crippen molar-refractivity contribution in [1.29, 1.82) is 0 Å². The third kappa shape index (κ3) is 4.90. The van der Waals surface area contributed by atoms with E-state index in [2.05, 4.69) is 24.5 Å². The molecule has 1 aromatic carbocycles. The average Bonchev–Trinajstić information content (AvgIpc) is 2.51. The number of nitrogens with one attached hydrogen (secondary N) is 2. The van der Waals surface area contributed by atoms with E-state index < -0.39 is 0 Å². The molecule has 4 nitrogen and oxygen atoms in total. The molecule has 118 valence electrons. The summed E-state index contributed by atoms with van der Waals surface area (Å²) >= 11 is 6.19. The van der Waals surface area contributed by atoms with Gasteiger partial charge in [-0.15, -0.1) is 0 Å². The molecule has 0 aliphatic carbocycles. The van der Waals surface area contributed by atoms with Gasteiger partial charge in [0.1, 0.15) is 0 Å². The Bertz CT molecular complexity index is 465. The summed E-state index contributed by atoms with van der Waals surface area (Å²) in [4.78, 5) is 11.4. The van der Waals surface area contributed by atoms with E-state index >= 15 is 0 Å². The zero-order chi connectivity index (χ0) is 15.9. The van der Waals surface area contributed by atoms with Gasteiger partial charge in [-0.1, -0.05) is 32.4 Å². The van der Waals surface area contributed by atoms with Crippen molar-refractivity contribution in [2.75, 3.05) is 23.8 Å². The van der Waals surface area contributed by atoms with Crippen molar-refractivity contribution in [3.05, 3.63) is 23.2 Å². The van der Waals surface area contributed by atoms with Gasteiger partial charge in [-0.3, -0.25) is 4.79 Å². The quantitative estimate of drug-likeness (QED) is 0.682. The Morgan fingerprint density at radius 2 is 1.95 bits per heavy atom. The first-order valence-corrected chi connectivity index (χ1v) is 7.82. The molecule has 0 bridgehead atoms. The second-order valence-corrected chi connectivity index (χ2v) is 5.72. The summed E-state index contributed by atoms with van der Waals surface area (Å²) in [5.41, 5.74) is 1.34. The van der Waals surface area contributed by atoms with Gasteiger partial charge >= 0.3 is 0 Å². The predicted octanol–water partition coefficient (Wildman–Crippen LogP) is 3.90. The van der Waals surface area contributed by atoms with Crippen LogP contribution < -0.4 is 10.6 Å².